The smallest absolute Gasteiger partial charge is 0.384 e. The SMILES string of the molecule is CCOC(=O)C#Cc1cccs1. The van der Waals surface area contributed by atoms with Crippen LogP contribution in [-0.4, -0.2) is 12.6 Å². The molecule has 0 atom stereocenters. The molecule has 0 spiro atoms. The number of thiophene rings is 1. The van der Waals surface area contributed by atoms with E-state index < -0.39 is 5.97 Å². The van der Waals surface area contributed by atoms with Crippen LogP contribution < -0.4 is 0 Å². The Hall–Kier alpha value is -1.27. The van der Waals surface area contributed by atoms with Gasteiger partial charge >= 0.3 is 5.97 Å². The van der Waals surface area contributed by atoms with E-state index in [9.17, 15) is 4.79 Å². The van der Waals surface area contributed by atoms with Crippen molar-refractivity contribution in [1.82, 2.24) is 0 Å². The van der Waals surface area contributed by atoms with Crippen LogP contribution in [0.15, 0.2) is 17.5 Å². The van der Waals surface area contributed by atoms with Gasteiger partial charge < -0.3 is 4.74 Å². The van der Waals surface area contributed by atoms with Crippen LogP contribution in [0.1, 0.15) is 11.8 Å². The summed E-state index contributed by atoms with van der Waals surface area (Å²) in [7, 11) is 0. The van der Waals surface area contributed by atoms with E-state index in [1.807, 2.05) is 17.5 Å². The zero-order valence-electron chi connectivity index (χ0n) is 6.66. The average molecular weight is 180 g/mol. The highest BCUT2D eigenvalue weighted by Crippen LogP contribution is 2.05. The molecular weight excluding hydrogens is 172 g/mol. The zero-order chi connectivity index (χ0) is 8.81. The van der Waals surface area contributed by atoms with Crippen molar-refractivity contribution in [3.05, 3.63) is 22.4 Å². The zero-order valence-corrected chi connectivity index (χ0v) is 7.48. The molecule has 0 saturated carbocycles. The average Bonchev–Trinajstić information content (AvgIpc) is 2.53. The predicted molar refractivity (Wildman–Crippen MR) is 47.8 cm³/mol. The van der Waals surface area contributed by atoms with Crippen LogP contribution in [0.5, 0.6) is 0 Å². The summed E-state index contributed by atoms with van der Waals surface area (Å²) >= 11 is 1.50. The minimum Gasteiger partial charge on any atom is -0.456 e. The molecule has 12 heavy (non-hydrogen) atoms. The molecule has 62 valence electrons. The van der Waals surface area contributed by atoms with Crippen LogP contribution in [0.3, 0.4) is 0 Å². The molecule has 0 radical (unpaired) electrons. The highest BCUT2D eigenvalue weighted by atomic mass is 32.1. The van der Waals surface area contributed by atoms with E-state index in [1.165, 1.54) is 11.3 Å². The lowest BCUT2D eigenvalue weighted by Gasteiger charge is -1.89. The molecule has 1 aromatic heterocycles. The van der Waals surface area contributed by atoms with Gasteiger partial charge in [-0.1, -0.05) is 6.07 Å². The topological polar surface area (TPSA) is 26.3 Å². The number of ether oxygens (including phenoxy) is 1. The fraction of sp³-hybridized carbons (Fsp3) is 0.222. The predicted octanol–water partition coefficient (Wildman–Crippen LogP) is 1.66. The van der Waals surface area contributed by atoms with Gasteiger partial charge in [-0.2, -0.15) is 0 Å². The molecule has 0 saturated heterocycles. The quantitative estimate of drug-likeness (QED) is 0.485. The Kier molecular flexibility index (Phi) is 3.36. The molecule has 0 bridgehead atoms. The number of esters is 1. The second-order valence-corrected chi connectivity index (χ2v) is 2.90. The van der Waals surface area contributed by atoms with Crippen LogP contribution in [0.4, 0.5) is 0 Å². The second kappa shape index (κ2) is 4.58. The van der Waals surface area contributed by atoms with E-state index in [0.717, 1.165) is 4.88 Å². The minimum atomic E-state index is -0.467. The van der Waals surface area contributed by atoms with Gasteiger partial charge in [-0.3, -0.25) is 0 Å². The molecule has 3 heteroatoms. The Morgan fingerprint density at radius 2 is 2.58 bits per heavy atom. The normalized spacial score (nSPS) is 8.42. The third-order valence-electron chi connectivity index (χ3n) is 1.08. The van der Waals surface area contributed by atoms with Crippen LogP contribution in [0.25, 0.3) is 0 Å². The van der Waals surface area contributed by atoms with Crippen LogP contribution in [-0.2, 0) is 9.53 Å². The van der Waals surface area contributed by atoms with Crippen molar-refractivity contribution in [2.45, 2.75) is 6.92 Å². The van der Waals surface area contributed by atoms with E-state index in [1.54, 1.807) is 6.92 Å². The van der Waals surface area contributed by atoms with Crippen LogP contribution in [0, 0.1) is 11.8 Å². The highest BCUT2D eigenvalue weighted by Gasteiger charge is 1.92. The fourth-order valence-corrected chi connectivity index (χ4v) is 1.20. The van der Waals surface area contributed by atoms with Gasteiger partial charge in [-0.25, -0.2) is 4.79 Å². The number of hydrogen-bond acceptors (Lipinski definition) is 3. The maximum absolute atomic E-state index is 10.7. The standard InChI is InChI=1S/C9H8O2S/c1-2-11-9(10)6-5-8-4-3-7-12-8/h3-4,7H,2H2,1H3. The summed E-state index contributed by atoms with van der Waals surface area (Å²) in [6.45, 7) is 2.13. The third-order valence-corrected chi connectivity index (χ3v) is 1.87. The Labute approximate surface area is 75.2 Å². The summed E-state index contributed by atoms with van der Waals surface area (Å²) in [5.41, 5.74) is 0. The lowest BCUT2D eigenvalue weighted by molar-refractivity contribution is -0.136. The molecule has 0 fully saturated rings. The third kappa shape index (κ3) is 2.77. The van der Waals surface area contributed by atoms with Gasteiger partial charge in [0, 0.05) is 5.92 Å². The molecule has 1 heterocycles. The number of carbonyl (C=O) groups excluding carboxylic acids is 1. The first-order valence-electron chi connectivity index (χ1n) is 3.55. The number of hydrogen-bond donors (Lipinski definition) is 0. The van der Waals surface area contributed by atoms with Crippen molar-refractivity contribution >= 4 is 17.3 Å². The molecule has 0 aliphatic rings. The molecule has 0 aliphatic carbocycles. The molecule has 1 aromatic rings. The van der Waals surface area contributed by atoms with Gasteiger partial charge in [0.1, 0.15) is 0 Å². The molecule has 0 unspecified atom stereocenters. The van der Waals surface area contributed by atoms with Gasteiger partial charge in [0.05, 0.1) is 11.5 Å². The van der Waals surface area contributed by atoms with E-state index in [0.29, 0.717) is 6.61 Å². The first kappa shape index (κ1) is 8.82. The van der Waals surface area contributed by atoms with E-state index in [2.05, 4.69) is 16.6 Å². The first-order valence-corrected chi connectivity index (χ1v) is 4.43. The van der Waals surface area contributed by atoms with Gasteiger partial charge in [0.15, 0.2) is 0 Å². The molecule has 0 N–H and O–H groups in total. The van der Waals surface area contributed by atoms with Crippen LogP contribution in [0.2, 0.25) is 0 Å². The van der Waals surface area contributed by atoms with Crippen LogP contribution >= 0.6 is 11.3 Å². The minimum absolute atomic E-state index is 0.373. The van der Waals surface area contributed by atoms with E-state index in [4.69, 9.17) is 0 Å². The lowest BCUT2D eigenvalue weighted by Crippen LogP contribution is -1.99. The first-order chi connectivity index (χ1) is 5.83. The summed E-state index contributed by atoms with van der Waals surface area (Å²) in [4.78, 5) is 11.6. The van der Waals surface area contributed by atoms with Crippen molar-refractivity contribution < 1.29 is 9.53 Å². The summed E-state index contributed by atoms with van der Waals surface area (Å²) in [6, 6.07) is 3.75. The lowest BCUT2D eigenvalue weighted by atomic mass is 10.4. The molecule has 0 aliphatic heterocycles. The van der Waals surface area contributed by atoms with Crippen molar-refractivity contribution in [3.63, 3.8) is 0 Å². The van der Waals surface area contributed by atoms with Crippen molar-refractivity contribution in [1.29, 1.82) is 0 Å². The van der Waals surface area contributed by atoms with Gasteiger partial charge in [-0.05, 0) is 24.3 Å². The Balaban J connectivity index is 2.54. The van der Waals surface area contributed by atoms with Gasteiger partial charge in [0.25, 0.3) is 0 Å². The van der Waals surface area contributed by atoms with Crippen molar-refractivity contribution in [2.24, 2.45) is 0 Å². The van der Waals surface area contributed by atoms with E-state index >= 15 is 0 Å². The molecule has 0 amide bonds. The largest absolute Gasteiger partial charge is 0.456 e. The maximum Gasteiger partial charge on any atom is 0.384 e. The Morgan fingerprint density at radius 1 is 1.75 bits per heavy atom. The summed E-state index contributed by atoms with van der Waals surface area (Å²) in [5, 5.41) is 1.91. The van der Waals surface area contributed by atoms with Gasteiger partial charge in [0.2, 0.25) is 0 Å². The van der Waals surface area contributed by atoms with Gasteiger partial charge in [-0.15, -0.1) is 11.3 Å². The summed E-state index contributed by atoms with van der Waals surface area (Å²) in [6.07, 6.45) is 0. The molecule has 0 aromatic carbocycles. The molecule has 1 rings (SSSR count). The Bertz CT molecular complexity index is 303. The summed E-state index contributed by atoms with van der Waals surface area (Å²) < 4.78 is 4.63. The molecular formula is C9H8O2S. The number of rotatable bonds is 1. The Morgan fingerprint density at radius 3 is 3.17 bits per heavy atom. The van der Waals surface area contributed by atoms with Crippen molar-refractivity contribution in [3.8, 4) is 11.8 Å². The fourth-order valence-electron chi connectivity index (χ4n) is 0.629. The number of carbonyl (C=O) groups is 1. The van der Waals surface area contributed by atoms with Crippen molar-refractivity contribution in [2.75, 3.05) is 6.61 Å². The monoisotopic (exact) mass is 180 g/mol. The highest BCUT2D eigenvalue weighted by molar-refractivity contribution is 7.10. The second-order valence-electron chi connectivity index (χ2n) is 1.95. The molecule has 2 nitrogen and oxygen atoms in total. The summed E-state index contributed by atoms with van der Waals surface area (Å²) in [5.74, 6) is 4.62. The maximum atomic E-state index is 10.7. The van der Waals surface area contributed by atoms with E-state index in [-0.39, 0.29) is 0 Å².